The summed E-state index contributed by atoms with van der Waals surface area (Å²) >= 11 is 0. The maximum atomic E-state index is 11.7. The molecule has 5 heteroatoms. The Morgan fingerprint density at radius 2 is 2.04 bits per heavy atom. The number of hydrogen-bond donors (Lipinski definition) is 1. The molecule has 24 heavy (non-hydrogen) atoms. The van der Waals surface area contributed by atoms with Crippen LogP contribution in [0.4, 0.5) is 0 Å². The Kier molecular flexibility index (Phi) is 5.33. The summed E-state index contributed by atoms with van der Waals surface area (Å²) in [5.74, 6) is 1.51. The van der Waals surface area contributed by atoms with Crippen LogP contribution in [0, 0.1) is 5.92 Å². The topological polar surface area (TPSA) is 68.7 Å². The van der Waals surface area contributed by atoms with Crippen LogP contribution in [-0.2, 0) is 11.3 Å². The van der Waals surface area contributed by atoms with Crippen molar-refractivity contribution >= 4 is 5.97 Å². The van der Waals surface area contributed by atoms with Crippen molar-refractivity contribution in [2.75, 3.05) is 26.2 Å². The lowest BCUT2D eigenvalue weighted by molar-refractivity contribution is 0.0486. The van der Waals surface area contributed by atoms with Gasteiger partial charge in [-0.25, -0.2) is 4.79 Å². The first-order valence-electron chi connectivity index (χ1n) is 8.44. The Bertz CT molecular complexity index is 668. The van der Waals surface area contributed by atoms with Gasteiger partial charge in [-0.3, -0.25) is 4.90 Å². The number of ether oxygens (including phenoxy) is 1. The summed E-state index contributed by atoms with van der Waals surface area (Å²) in [6.45, 7) is 5.36. The first-order chi connectivity index (χ1) is 11.7. The molecule has 2 N–H and O–H groups in total. The van der Waals surface area contributed by atoms with Crippen LogP contribution < -0.4 is 5.73 Å². The van der Waals surface area contributed by atoms with E-state index in [1.807, 2.05) is 12.1 Å². The van der Waals surface area contributed by atoms with Crippen molar-refractivity contribution in [3.8, 4) is 0 Å². The average Bonchev–Trinajstić information content (AvgIpc) is 3.23. The van der Waals surface area contributed by atoms with Crippen LogP contribution in [0.3, 0.4) is 0 Å². The van der Waals surface area contributed by atoms with Crippen molar-refractivity contribution < 1.29 is 13.9 Å². The standard InChI is InChI=1S/C19H24N2O3/c1-2-23-19(22)18-9-8-16(24-18)12-21-11-15(10-20)17(13-21)14-6-4-3-5-7-14/h3-9,15,17H,2,10-13,20H2,1H3/t15-,17+/m1/s1. The minimum absolute atomic E-state index is 0.265. The number of carbonyl (C=O) groups is 1. The van der Waals surface area contributed by atoms with Crippen molar-refractivity contribution in [1.29, 1.82) is 0 Å². The molecular formula is C19H24N2O3. The van der Waals surface area contributed by atoms with Gasteiger partial charge in [-0.15, -0.1) is 0 Å². The first kappa shape index (κ1) is 16.7. The van der Waals surface area contributed by atoms with Crippen LogP contribution in [-0.4, -0.2) is 37.1 Å². The van der Waals surface area contributed by atoms with Gasteiger partial charge in [0.25, 0.3) is 0 Å². The number of rotatable bonds is 6. The third-order valence-electron chi connectivity index (χ3n) is 4.56. The minimum atomic E-state index is -0.410. The molecule has 1 aromatic heterocycles. The molecule has 1 saturated heterocycles. The summed E-state index contributed by atoms with van der Waals surface area (Å²) < 4.78 is 10.6. The molecule has 2 aromatic rings. The fourth-order valence-electron chi connectivity index (χ4n) is 3.40. The fourth-order valence-corrected chi connectivity index (χ4v) is 3.40. The summed E-state index contributed by atoms with van der Waals surface area (Å²) in [4.78, 5) is 14.0. The predicted octanol–water partition coefficient (Wildman–Crippen LogP) is 2.63. The quantitative estimate of drug-likeness (QED) is 0.826. The Morgan fingerprint density at radius 1 is 1.25 bits per heavy atom. The van der Waals surface area contributed by atoms with Crippen LogP contribution in [0.15, 0.2) is 46.9 Å². The van der Waals surface area contributed by atoms with E-state index in [0.717, 1.165) is 18.8 Å². The summed E-state index contributed by atoms with van der Waals surface area (Å²) in [5.41, 5.74) is 7.32. The lowest BCUT2D eigenvalue weighted by Crippen LogP contribution is -2.23. The molecule has 3 rings (SSSR count). The van der Waals surface area contributed by atoms with E-state index in [0.29, 0.717) is 31.5 Å². The zero-order chi connectivity index (χ0) is 16.9. The molecule has 0 saturated carbocycles. The van der Waals surface area contributed by atoms with Crippen molar-refractivity contribution in [3.05, 3.63) is 59.5 Å². The number of furan rings is 1. The number of nitrogens with zero attached hydrogens (tertiary/aromatic N) is 1. The van der Waals surface area contributed by atoms with Crippen molar-refractivity contribution in [2.45, 2.75) is 19.4 Å². The van der Waals surface area contributed by atoms with E-state index in [4.69, 9.17) is 14.9 Å². The highest BCUT2D eigenvalue weighted by Gasteiger charge is 2.33. The van der Waals surface area contributed by atoms with Crippen LogP contribution >= 0.6 is 0 Å². The highest BCUT2D eigenvalue weighted by Crippen LogP contribution is 2.32. The van der Waals surface area contributed by atoms with Crippen molar-refractivity contribution in [3.63, 3.8) is 0 Å². The van der Waals surface area contributed by atoms with E-state index in [-0.39, 0.29) is 5.76 Å². The Hall–Kier alpha value is -2.11. The number of likely N-dealkylation sites (tertiary alicyclic amines) is 1. The van der Waals surface area contributed by atoms with Gasteiger partial charge in [-0.1, -0.05) is 30.3 Å². The molecule has 1 aromatic carbocycles. The second kappa shape index (κ2) is 7.64. The van der Waals surface area contributed by atoms with E-state index in [2.05, 4.69) is 29.2 Å². The highest BCUT2D eigenvalue weighted by atomic mass is 16.5. The molecule has 1 aliphatic heterocycles. The van der Waals surface area contributed by atoms with Gasteiger partial charge < -0.3 is 14.9 Å². The summed E-state index contributed by atoms with van der Waals surface area (Å²) in [5, 5.41) is 0. The van der Waals surface area contributed by atoms with E-state index < -0.39 is 5.97 Å². The Balaban J connectivity index is 1.65. The van der Waals surface area contributed by atoms with Crippen LogP contribution in [0.2, 0.25) is 0 Å². The second-order valence-corrected chi connectivity index (χ2v) is 6.19. The van der Waals surface area contributed by atoms with Gasteiger partial charge in [-0.05, 0) is 37.1 Å². The van der Waals surface area contributed by atoms with E-state index in [1.54, 1.807) is 13.0 Å². The van der Waals surface area contributed by atoms with Crippen LogP contribution in [0.5, 0.6) is 0 Å². The number of nitrogens with two attached hydrogens (primary N) is 1. The van der Waals surface area contributed by atoms with E-state index in [9.17, 15) is 4.79 Å². The number of carbonyl (C=O) groups excluding carboxylic acids is 1. The van der Waals surface area contributed by atoms with E-state index >= 15 is 0 Å². The smallest absolute Gasteiger partial charge is 0.374 e. The average molecular weight is 328 g/mol. The molecule has 128 valence electrons. The molecule has 0 aliphatic carbocycles. The molecular weight excluding hydrogens is 304 g/mol. The summed E-state index contributed by atoms with van der Waals surface area (Å²) in [6.07, 6.45) is 0. The maximum absolute atomic E-state index is 11.7. The van der Waals surface area contributed by atoms with E-state index in [1.165, 1.54) is 5.56 Å². The first-order valence-corrected chi connectivity index (χ1v) is 8.44. The highest BCUT2D eigenvalue weighted by molar-refractivity contribution is 5.86. The van der Waals surface area contributed by atoms with Crippen molar-refractivity contribution in [2.24, 2.45) is 11.7 Å². The van der Waals surface area contributed by atoms with Gasteiger partial charge in [-0.2, -0.15) is 0 Å². The minimum Gasteiger partial charge on any atom is -0.460 e. The third kappa shape index (κ3) is 3.68. The summed E-state index contributed by atoms with van der Waals surface area (Å²) in [6, 6.07) is 14.0. The number of hydrogen-bond acceptors (Lipinski definition) is 5. The SMILES string of the molecule is CCOC(=O)c1ccc(CN2C[C@@H](CN)[C@H](c3ccccc3)C2)o1. The van der Waals surface area contributed by atoms with Crippen molar-refractivity contribution in [1.82, 2.24) is 4.90 Å². The monoisotopic (exact) mass is 328 g/mol. The van der Waals surface area contributed by atoms with Gasteiger partial charge in [0, 0.05) is 19.0 Å². The molecule has 0 bridgehead atoms. The zero-order valence-electron chi connectivity index (χ0n) is 14.0. The molecule has 5 nitrogen and oxygen atoms in total. The van der Waals surface area contributed by atoms with Gasteiger partial charge in [0.05, 0.1) is 13.2 Å². The predicted molar refractivity (Wildman–Crippen MR) is 91.7 cm³/mol. The molecule has 0 amide bonds. The number of benzene rings is 1. The Labute approximate surface area is 142 Å². The number of esters is 1. The maximum Gasteiger partial charge on any atom is 0.374 e. The molecule has 0 unspecified atom stereocenters. The molecule has 1 aliphatic rings. The lowest BCUT2D eigenvalue weighted by Gasteiger charge is -2.16. The van der Waals surface area contributed by atoms with Gasteiger partial charge in [0.1, 0.15) is 5.76 Å². The Morgan fingerprint density at radius 3 is 2.75 bits per heavy atom. The molecule has 1 fully saturated rings. The van der Waals surface area contributed by atoms with Gasteiger partial charge >= 0.3 is 5.97 Å². The normalized spacial score (nSPS) is 21.1. The van der Waals surface area contributed by atoms with Gasteiger partial charge in [0.2, 0.25) is 5.76 Å². The fraction of sp³-hybridized carbons (Fsp3) is 0.421. The zero-order valence-corrected chi connectivity index (χ0v) is 14.0. The largest absolute Gasteiger partial charge is 0.460 e. The lowest BCUT2D eigenvalue weighted by atomic mass is 9.89. The van der Waals surface area contributed by atoms with Crippen LogP contribution in [0.25, 0.3) is 0 Å². The molecule has 0 spiro atoms. The third-order valence-corrected chi connectivity index (χ3v) is 4.56. The summed E-state index contributed by atoms with van der Waals surface area (Å²) in [7, 11) is 0. The second-order valence-electron chi connectivity index (χ2n) is 6.19. The molecule has 2 atom stereocenters. The van der Waals surface area contributed by atoms with Crippen LogP contribution in [0.1, 0.15) is 34.7 Å². The molecule has 0 radical (unpaired) electrons. The molecule has 2 heterocycles. The van der Waals surface area contributed by atoms with Gasteiger partial charge in [0.15, 0.2) is 0 Å².